The van der Waals surface area contributed by atoms with E-state index in [1.54, 1.807) is 11.9 Å². The van der Waals surface area contributed by atoms with E-state index in [1.807, 2.05) is 6.41 Å². The first-order chi connectivity index (χ1) is 5.24. The van der Waals surface area contributed by atoms with Gasteiger partial charge < -0.3 is 9.80 Å². The van der Waals surface area contributed by atoms with Crippen molar-refractivity contribution < 1.29 is 4.79 Å². The molecule has 0 saturated carbocycles. The summed E-state index contributed by atoms with van der Waals surface area (Å²) in [5.74, 6) is 0. The van der Waals surface area contributed by atoms with Gasteiger partial charge in [-0.1, -0.05) is 13.8 Å². The maximum Gasteiger partial charge on any atom is 0.311 e. The fourth-order valence-electron chi connectivity index (χ4n) is 0.877. The first kappa shape index (κ1) is 10.4. The average Bonchev–Trinajstić information content (AvgIpc) is 2.06. The van der Waals surface area contributed by atoms with E-state index in [4.69, 9.17) is 0 Å². The molecule has 0 aliphatic rings. The zero-order valence-electron chi connectivity index (χ0n) is 7.63. The van der Waals surface area contributed by atoms with Gasteiger partial charge in [0.25, 0.3) is 0 Å². The van der Waals surface area contributed by atoms with E-state index in [0.29, 0.717) is 0 Å². The van der Waals surface area contributed by atoms with Crippen LogP contribution in [0, 0.1) is 0 Å². The number of likely N-dealkylation sites (N-methyl/N-ethyl adjacent to an activating group) is 2. The van der Waals surface area contributed by atoms with Gasteiger partial charge in [-0.3, -0.25) is 4.79 Å². The van der Waals surface area contributed by atoms with Gasteiger partial charge in [-0.05, 0) is 13.1 Å². The average molecular weight is 157 g/mol. The Hall–Kier alpha value is -0.570. The molecule has 0 aromatic carbocycles. The molecule has 0 rings (SSSR count). The van der Waals surface area contributed by atoms with Crippen LogP contribution in [0.2, 0.25) is 0 Å². The molecule has 0 spiro atoms. The molecule has 0 aliphatic carbocycles. The third kappa shape index (κ3) is 4.79. The minimum Gasteiger partial charge on any atom is -0.336 e. The number of hydrogen-bond acceptors (Lipinski definition) is 2. The molecule has 0 saturated heterocycles. The van der Waals surface area contributed by atoms with Crippen molar-refractivity contribution in [2.75, 3.05) is 33.2 Å². The van der Waals surface area contributed by atoms with Gasteiger partial charge in [-0.15, -0.1) is 0 Å². The van der Waals surface area contributed by atoms with Crippen molar-refractivity contribution in [3.63, 3.8) is 0 Å². The minimum atomic E-state index is 0.769. The predicted molar refractivity (Wildman–Crippen MR) is 46.1 cm³/mol. The lowest BCUT2D eigenvalue weighted by atomic mass is 10.4. The van der Waals surface area contributed by atoms with Gasteiger partial charge in [0.2, 0.25) is 0 Å². The van der Waals surface area contributed by atoms with E-state index in [2.05, 4.69) is 18.7 Å². The van der Waals surface area contributed by atoms with Crippen LogP contribution in [-0.4, -0.2) is 49.4 Å². The summed E-state index contributed by atoms with van der Waals surface area (Å²) in [6.45, 7) is 8.04. The summed E-state index contributed by atoms with van der Waals surface area (Å²) in [6.07, 6.45) is 1.83. The Morgan fingerprint density at radius 3 is 2.09 bits per heavy atom. The lowest BCUT2D eigenvalue weighted by Crippen LogP contribution is -2.32. The van der Waals surface area contributed by atoms with Gasteiger partial charge >= 0.3 is 6.41 Å². The summed E-state index contributed by atoms with van der Waals surface area (Å²) in [5, 5.41) is 0. The molecule has 1 radical (unpaired) electrons. The minimum absolute atomic E-state index is 0.769. The van der Waals surface area contributed by atoms with Gasteiger partial charge in [0.15, 0.2) is 0 Å². The van der Waals surface area contributed by atoms with Gasteiger partial charge in [0, 0.05) is 20.1 Å². The van der Waals surface area contributed by atoms with E-state index in [9.17, 15) is 4.79 Å². The fraction of sp³-hybridized carbons (Fsp3) is 0.875. The monoisotopic (exact) mass is 157 g/mol. The first-order valence-electron chi connectivity index (χ1n) is 4.05. The molecule has 0 aromatic rings. The fourth-order valence-corrected chi connectivity index (χ4v) is 0.877. The SMILES string of the molecule is CCN(CC)CCN(C)[C]=O. The van der Waals surface area contributed by atoms with Crippen LogP contribution in [0.1, 0.15) is 13.8 Å². The Morgan fingerprint density at radius 2 is 1.73 bits per heavy atom. The normalized spacial score (nSPS) is 10.2. The lowest BCUT2D eigenvalue weighted by Gasteiger charge is -2.19. The second-order valence-corrected chi connectivity index (χ2v) is 2.54. The van der Waals surface area contributed by atoms with Crippen LogP contribution >= 0.6 is 0 Å². The summed E-state index contributed by atoms with van der Waals surface area (Å²) >= 11 is 0. The summed E-state index contributed by atoms with van der Waals surface area (Å²) in [7, 11) is 1.75. The highest BCUT2D eigenvalue weighted by molar-refractivity contribution is 5.47. The summed E-state index contributed by atoms with van der Waals surface area (Å²) < 4.78 is 0. The number of carbonyl (C=O) groups excluding carboxylic acids is 1. The van der Waals surface area contributed by atoms with Crippen molar-refractivity contribution in [2.45, 2.75) is 13.8 Å². The van der Waals surface area contributed by atoms with Crippen molar-refractivity contribution in [2.24, 2.45) is 0 Å². The molecule has 11 heavy (non-hydrogen) atoms. The zero-order chi connectivity index (χ0) is 8.69. The van der Waals surface area contributed by atoms with Crippen molar-refractivity contribution in [3.05, 3.63) is 0 Å². The Kier molecular flexibility index (Phi) is 5.84. The Labute approximate surface area is 69.0 Å². The zero-order valence-corrected chi connectivity index (χ0v) is 7.63. The molecule has 0 heterocycles. The van der Waals surface area contributed by atoms with E-state index >= 15 is 0 Å². The van der Waals surface area contributed by atoms with Crippen molar-refractivity contribution in [3.8, 4) is 0 Å². The maximum absolute atomic E-state index is 10.1. The molecule has 0 aromatic heterocycles. The lowest BCUT2D eigenvalue weighted by molar-refractivity contribution is 0.276. The summed E-state index contributed by atoms with van der Waals surface area (Å²) in [5.41, 5.74) is 0. The highest BCUT2D eigenvalue weighted by Gasteiger charge is 2.00. The standard InChI is InChI=1S/C8H17N2O/c1-4-10(5-2)7-6-9(3)8-11/h4-7H2,1-3H3. The van der Waals surface area contributed by atoms with Gasteiger partial charge in [-0.2, -0.15) is 0 Å². The second-order valence-electron chi connectivity index (χ2n) is 2.54. The van der Waals surface area contributed by atoms with Crippen LogP contribution in [0.3, 0.4) is 0 Å². The van der Waals surface area contributed by atoms with E-state index in [-0.39, 0.29) is 0 Å². The van der Waals surface area contributed by atoms with Crippen molar-refractivity contribution in [1.82, 2.24) is 9.80 Å². The van der Waals surface area contributed by atoms with E-state index in [1.165, 1.54) is 0 Å². The van der Waals surface area contributed by atoms with Crippen LogP contribution in [0.4, 0.5) is 0 Å². The highest BCUT2D eigenvalue weighted by atomic mass is 16.1. The van der Waals surface area contributed by atoms with E-state index in [0.717, 1.165) is 26.2 Å². The molecule has 1 amide bonds. The Morgan fingerprint density at radius 1 is 1.18 bits per heavy atom. The largest absolute Gasteiger partial charge is 0.336 e. The van der Waals surface area contributed by atoms with E-state index < -0.39 is 0 Å². The second kappa shape index (κ2) is 6.16. The molecular weight excluding hydrogens is 140 g/mol. The molecule has 3 nitrogen and oxygen atoms in total. The summed E-state index contributed by atoms with van der Waals surface area (Å²) in [4.78, 5) is 13.9. The molecule has 3 heteroatoms. The number of hydrogen-bond donors (Lipinski definition) is 0. The van der Waals surface area contributed by atoms with Crippen LogP contribution in [-0.2, 0) is 4.79 Å². The van der Waals surface area contributed by atoms with Crippen LogP contribution < -0.4 is 0 Å². The topological polar surface area (TPSA) is 23.6 Å². The smallest absolute Gasteiger partial charge is 0.311 e. The molecule has 65 valence electrons. The number of rotatable bonds is 6. The third-order valence-electron chi connectivity index (χ3n) is 1.80. The predicted octanol–water partition coefficient (Wildman–Crippen LogP) is 0.327. The van der Waals surface area contributed by atoms with Gasteiger partial charge in [-0.25, -0.2) is 0 Å². The number of amides is 1. The Balaban J connectivity index is 3.41. The number of nitrogens with zero attached hydrogens (tertiary/aromatic N) is 2. The molecule has 0 atom stereocenters. The molecule has 0 bridgehead atoms. The highest BCUT2D eigenvalue weighted by Crippen LogP contribution is 1.86. The molecular formula is C8H17N2O. The quantitative estimate of drug-likeness (QED) is 0.519. The van der Waals surface area contributed by atoms with Crippen LogP contribution in [0.25, 0.3) is 0 Å². The van der Waals surface area contributed by atoms with Crippen molar-refractivity contribution in [1.29, 1.82) is 0 Å². The van der Waals surface area contributed by atoms with Gasteiger partial charge in [0.05, 0.1) is 0 Å². The van der Waals surface area contributed by atoms with Crippen LogP contribution in [0.15, 0.2) is 0 Å². The molecule has 0 unspecified atom stereocenters. The molecule has 0 fully saturated rings. The molecule has 0 aliphatic heterocycles. The van der Waals surface area contributed by atoms with Gasteiger partial charge in [0.1, 0.15) is 0 Å². The summed E-state index contributed by atoms with van der Waals surface area (Å²) in [6, 6.07) is 0. The maximum atomic E-state index is 10.1. The van der Waals surface area contributed by atoms with Crippen molar-refractivity contribution >= 4 is 6.41 Å². The Bertz CT molecular complexity index is 102. The molecule has 0 N–H and O–H groups in total. The first-order valence-corrected chi connectivity index (χ1v) is 4.05. The van der Waals surface area contributed by atoms with Crippen LogP contribution in [0.5, 0.6) is 0 Å². The third-order valence-corrected chi connectivity index (χ3v) is 1.80.